The Hall–Kier alpha value is -4.21. The van der Waals surface area contributed by atoms with Gasteiger partial charge < -0.3 is 10.4 Å². The standard InChI is InChI=1S/C18H16N4O9/c1-8-5-12(23)10(6-13(24)25)14(8)16(22(30)31)17(26)18(27)20-15-9(7-19)3-2-4-11(15)21(28)29/h2-4,8,10,14,16H,5-6H2,1H3,(H,20,27)(H,24,25)/t8-,10+,14+,16+/m1/s1. The Morgan fingerprint density at radius 3 is 2.48 bits per heavy atom. The number of aliphatic carboxylic acids is 1. The molecule has 1 saturated carbocycles. The van der Waals surface area contributed by atoms with Gasteiger partial charge in [0.2, 0.25) is 0 Å². The van der Waals surface area contributed by atoms with E-state index in [1.807, 2.05) is 5.32 Å². The highest BCUT2D eigenvalue weighted by atomic mass is 16.6. The number of nitro groups is 2. The topological polar surface area (TPSA) is 211 Å². The summed E-state index contributed by atoms with van der Waals surface area (Å²) in [6.07, 6.45) is -0.930. The Morgan fingerprint density at radius 2 is 1.97 bits per heavy atom. The van der Waals surface area contributed by atoms with Crippen molar-refractivity contribution in [3.8, 4) is 6.07 Å². The molecule has 0 radical (unpaired) electrons. The summed E-state index contributed by atoms with van der Waals surface area (Å²) < 4.78 is 0. The van der Waals surface area contributed by atoms with Crippen molar-refractivity contribution in [3.05, 3.63) is 44.0 Å². The van der Waals surface area contributed by atoms with Crippen molar-refractivity contribution in [2.24, 2.45) is 17.8 Å². The zero-order valence-electron chi connectivity index (χ0n) is 16.0. The van der Waals surface area contributed by atoms with Crippen LogP contribution < -0.4 is 5.32 Å². The van der Waals surface area contributed by atoms with E-state index in [2.05, 4.69) is 0 Å². The Balaban J connectivity index is 2.41. The zero-order chi connectivity index (χ0) is 23.5. The zero-order valence-corrected chi connectivity index (χ0v) is 16.0. The minimum absolute atomic E-state index is 0.190. The fourth-order valence-corrected chi connectivity index (χ4v) is 3.82. The fraction of sp³-hybridized carbons (Fsp3) is 0.389. The van der Waals surface area contributed by atoms with Crippen molar-refractivity contribution >= 4 is 34.8 Å². The second-order valence-electron chi connectivity index (χ2n) is 7.05. The molecule has 1 aromatic carbocycles. The quantitative estimate of drug-likeness (QED) is 0.337. The number of para-hydroxylation sites is 1. The van der Waals surface area contributed by atoms with E-state index >= 15 is 0 Å². The van der Waals surface area contributed by atoms with E-state index in [4.69, 9.17) is 10.4 Å². The molecule has 0 saturated heterocycles. The summed E-state index contributed by atoms with van der Waals surface area (Å²) in [5.74, 6) is -8.58. The molecule has 1 aromatic rings. The average Bonchev–Trinajstić information content (AvgIpc) is 2.94. The number of carboxylic acids is 1. The van der Waals surface area contributed by atoms with Gasteiger partial charge in [-0.25, -0.2) is 0 Å². The number of hydrogen-bond donors (Lipinski definition) is 2. The first-order valence-corrected chi connectivity index (χ1v) is 8.90. The predicted molar refractivity (Wildman–Crippen MR) is 100 cm³/mol. The molecule has 0 aliphatic heterocycles. The van der Waals surface area contributed by atoms with Crippen molar-refractivity contribution in [3.63, 3.8) is 0 Å². The van der Waals surface area contributed by atoms with Gasteiger partial charge in [0.1, 0.15) is 17.5 Å². The molecular formula is C18H16N4O9. The lowest BCUT2D eigenvalue weighted by atomic mass is 9.80. The molecule has 13 nitrogen and oxygen atoms in total. The van der Waals surface area contributed by atoms with Crippen LogP contribution in [0.1, 0.15) is 25.3 Å². The first-order chi connectivity index (χ1) is 14.5. The van der Waals surface area contributed by atoms with Crippen LogP contribution in [0.4, 0.5) is 11.4 Å². The molecule has 0 heterocycles. The normalized spacial score (nSPS) is 21.0. The minimum Gasteiger partial charge on any atom is -0.481 e. The van der Waals surface area contributed by atoms with Gasteiger partial charge in [-0.3, -0.25) is 39.4 Å². The van der Waals surface area contributed by atoms with E-state index in [1.165, 1.54) is 13.0 Å². The maximum absolute atomic E-state index is 12.7. The third-order valence-corrected chi connectivity index (χ3v) is 5.14. The number of anilines is 1. The monoisotopic (exact) mass is 432 g/mol. The molecule has 1 aliphatic rings. The SMILES string of the molecule is C[C@@H]1CC(=O)[C@H](CC(=O)O)[C@H]1[C@@H](C(=O)C(=O)Nc1c(C#N)cccc1[N+](=O)[O-])[N+](=O)[O-]. The van der Waals surface area contributed by atoms with Gasteiger partial charge in [-0.05, 0) is 12.0 Å². The molecule has 1 aliphatic carbocycles. The molecule has 0 bridgehead atoms. The Bertz CT molecular complexity index is 1030. The summed E-state index contributed by atoms with van der Waals surface area (Å²) in [6.45, 7) is 1.43. The van der Waals surface area contributed by atoms with Crippen LogP contribution in [0.15, 0.2) is 18.2 Å². The van der Waals surface area contributed by atoms with Crippen molar-refractivity contribution in [1.29, 1.82) is 5.26 Å². The van der Waals surface area contributed by atoms with Crippen LogP contribution in [0, 0.1) is 49.3 Å². The molecule has 1 amide bonds. The van der Waals surface area contributed by atoms with Gasteiger partial charge in [0.05, 0.1) is 16.9 Å². The molecule has 162 valence electrons. The van der Waals surface area contributed by atoms with Gasteiger partial charge in [0.15, 0.2) is 0 Å². The van der Waals surface area contributed by atoms with E-state index in [0.717, 1.165) is 12.1 Å². The summed E-state index contributed by atoms with van der Waals surface area (Å²) in [4.78, 5) is 69.2. The first-order valence-electron chi connectivity index (χ1n) is 8.90. The summed E-state index contributed by atoms with van der Waals surface area (Å²) in [5.41, 5.74) is -1.65. The lowest BCUT2D eigenvalue weighted by Crippen LogP contribution is -2.47. The maximum Gasteiger partial charge on any atom is 0.304 e. The summed E-state index contributed by atoms with van der Waals surface area (Å²) in [7, 11) is 0. The van der Waals surface area contributed by atoms with Crippen LogP contribution in [0.2, 0.25) is 0 Å². The number of amides is 1. The number of benzene rings is 1. The molecule has 0 spiro atoms. The van der Waals surface area contributed by atoms with E-state index in [0.29, 0.717) is 0 Å². The van der Waals surface area contributed by atoms with Gasteiger partial charge in [-0.1, -0.05) is 13.0 Å². The largest absolute Gasteiger partial charge is 0.481 e. The number of nitriles is 1. The highest BCUT2D eigenvalue weighted by molar-refractivity contribution is 6.42. The highest BCUT2D eigenvalue weighted by Gasteiger charge is 2.54. The second kappa shape index (κ2) is 9.08. The molecule has 31 heavy (non-hydrogen) atoms. The molecule has 1 fully saturated rings. The van der Waals surface area contributed by atoms with Crippen molar-refractivity contribution in [2.45, 2.75) is 25.8 Å². The Morgan fingerprint density at radius 1 is 1.32 bits per heavy atom. The van der Waals surface area contributed by atoms with Crippen molar-refractivity contribution in [2.75, 3.05) is 5.32 Å². The van der Waals surface area contributed by atoms with Gasteiger partial charge in [0.25, 0.3) is 23.4 Å². The van der Waals surface area contributed by atoms with Gasteiger partial charge in [0, 0.05) is 29.2 Å². The number of nitrogens with zero attached hydrogens (tertiary/aromatic N) is 3. The molecule has 2 rings (SSSR count). The third kappa shape index (κ3) is 4.69. The summed E-state index contributed by atoms with van der Waals surface area (Å²) in [6, 6.07) is 2.65. The van der Waals surface area contributed by atoms with E-state index < -0.39 is 74.9 Å². The Kier molecular flexibility index (Phi) is 6.75. The van der Waals surface area contributed by atoms with Crippen molar-refractivity contribution in [1.82, 2.24) is 0 Å². The molecular weight excluding hydrogens is 416 g/mol. The smallest absolute Gasteiger partial charge is 0.304 e. The van der Waals surface area contributed by atoms with Crippen LogP contribution in [0.3, 0.4) is 0 Å². The predicted octanol–water partition coefficient (Wildman–Crippen LogP) is 0.935. The van der Waals surface area contributed by atoms with Gasteiger partial charge >= 0.3 is 5.97 Å². The van der Waals surface area contributed by atoms with E-state index in [1.54, 1.807) is 6.07 Å². The molecule has 0 unspecified atom stereocenters. The van der Waals surface area contributed by atoms with E-state index in [-0.39, 0.29) is 12.0 Å². The number of hydrogen-bond acceptors (Lipinski definition) is 9. The number of nitrogens with one attached hydrogen (secondary N) is 1. The summed E-state index contributed by atoms with van der Waals surface area (Å²) >= 11 is 0. The maximum atomic E-state index is 12.7. The van der Waals surface area contributed by atoms with Crippen LogP contribution in [-0.2, 0) is 19.2 Å². The number of ketones is 2. The summed E-state index contributed by atoms with van der Waals surface area (Å²) in [5, 5.41) is 42.9. The first kappa shape index (κ1) is 23.1. The van der Waals surface area contributed by atoms with Crippen molar-refractivity contribution < 1.29 is 34.1 Å². The van der Waals surface area contributed by atoms with Crippen LogP contribution in [-0.4, -0.2) is 44.4 Å². The molecule has 0 aromatic heterocycles. The highest BCUT2D eigenvalue weighted by Crippen LogP contribution is 2.40. The van der Waals surface area contributed by atoms with Crippen LogP contribution in [0.25, 0.3) is 0 Å². The number of rotatable bonds is 8. The molecule has 13 heteroatoms. The fourth-order valence-electron chi connectivity index (χ4n) is 3.82. The van der Waals surface area contributed by atoms with Crippen LogP contribution in [0.5, 0.6) is 0 Å². The molecule has 4 atom stereocenters. The van der Waals surface area contributed by atoms with Gasteiger partial charge in [-0.15, -0.1) is 0 Å². The average molecular weight is 432 g/mol. The minimum atomic E-state index is -2.24. The number of carbonyl (C=O) groups excluding carboxylic acids is 3. The third-order valence-electron chi connectivity index (χ3n) is 5.14. The van der Waals surface area contributed by atoms with E-state index in [9.17, 15) is 39.4 Å². The lowest BCUT2D eigenvalue weighted by molar-refractivity contribution is -0.518. The Labute approximate surface area is 173 Å². The van der Waals surface area contributed by atoms with Gasteiger partial charge in [-0.2, -0.15) is 5.26 Å². The number of Topliss-reactive ketones (excluding diaryl/α,β-unsaturated/α-hetero) is 2. The number of carboxylic acid groups (broad SMARTS) is 1. The van der Waals surface area contributed by atoms with Crippen LogP contribution >= 0.6 is 0 Å². The molecule has 2 N–H and O–H groups in total. The number of nitro benzene ring substituents is 1. The second-order valence-corrected chi connectivity index (χ2v) is 7.05. The number of carbonyl (C=O) groups is 4. The lowest BCUT2D eigenvalue weighted by Gasteiger charge is -2.22.